The molecular weight excluding hydrogens is 561 g/mol. The second-order valence-corrected chi connectivity index (χ2v) is 12.1. The minimum absolute atomic E-state index is 0.0681. The molecule has 2 aromatic heterocycles. The van der Waals surface area contributed by atoms with Crippen LogP contribution in [-0.2, 0) is 11.8 Å². The van der Waals surface area contributed by atoms with E-state index in [2.05, 4.69) is 5.10 Å². The predicted octanol–water partition coefficient (Wildman–Crippen LogP) is 5.46. The molecule has 0 unspecified atom stereocenters. The lowest BCUT2D eigenvalue weighted by atomic mass is 9.95. The summed E-state index contributed by atoms with van der Waals surface area (Å²) in [5.41, 5.74) is 3.00. The summed E-state index contributed by atoms with van der Waals surface area (Å²) in [5, 5.41) is 14.6. The molecule has 2 amide bonds. The molecule has 0 N–H and O–H groups in total. The van der Waals surface area contributed by atoms with E-state index in [0.29, 0.717) is 60.8 Å². The lowest BCUT2D eigenvalue weighted by molar-refractivity contribution is 0.0263. The number of carbonyl (C=O) groups excluding carboxylic acids is 2. The highest BCUT2D eigenvalue weighted by molar-refractivity contribution is 6.02. The van der Waals surface area contributed by atoms with Gasteiger partial charge in [-0.2, -0.15) is 10.4 Å². The van der Waals surface area contributed by atoms with Crippen LogP contribution in [0.4, 0.5) is 15.0 Å². The number of pyridine rings is 1. The predicted molar refractivity (Wildman–Crippen MR) is 167 cm³/mol. The normalized spacial score (nSPS) is 13.9. The summed E-state index contributed by atoms with van der Waals surface area (Å²) >= 11 is 0. The minimum atomic E-state index is -0.654. The topological polar surface area (TPSA) is 108 Å². The van der Waals surface area contributed by atoms with Crippen LogP contribution in [0.3, 0.4) is 0 Å². The number of benzene rings is 2. The molecule has 0 atom stereocenters. The first-order valence-electron chi connectivity index (χ1n) is 14.5. The first-order valence-corrected chi connectivity index (χ1v) is 14.5. The Labute approximate surface area is 256 Å². The number of carbonyl (C=O) groups is 2. The second-order valence-electron chi connectivity index (χ2n) is 12.1. The van der Waals surface area contributed by atoms with Crippen LogP contribution in [0.5, 0.6) is 0 Å². The van der Waals surface area contributed by atoms with Gasteiger partial charge in [-0.15, -0.1) is 0 Å². The number of aryl methyl sites for hydroxylation is 1. The maximum atomic E-state index is 15.0. The van der Waals surface area contributed by atoms with Gasteiger partial charge in [0, 0.05) is 63.8 Å². The number of aromatic nitrogens is 3. The molecule has 2 aromatic carbocycles. The summed E-state index contributed by atoms with van der Waals surface area (Å²) in [6.45, 7) is 7.34. The standard InChI is InChI=1S/C33H36FN7O3/c1-33(2,3)44-32(43)41-13-7-12-40(14-15-41)30-26(31(42)38(4)5)18-25(21-10-11-28-24(16-21)20-36-39(28)6)29(37-30)22-8-9-23(19-35)27(34)17-22/h8-11,16-18,20H,7,12-15H2,1-6H3. The van der Waals surface area contributed by atoms with Gasteiger partial charge in [-0.25, -0.2) is 14.2 Å². The van der Waals surface area contributed by atoms with E-state index in [1.54, 1.807) is 35.9 Å². The first-order chi connectivity index (χ1) is 20.9. The van der Waals surface area contributed by atoms with E-state index in [1.165, 1.54) is 17.0 Å². The minimum Gasteiger partial charge on any atom is -0.444 e. The smallest absolute Gasteiger partial charge is 0.410 e. The summed E-state index contributed by atoms with van der Waals surface area (Å²) < 4.78 is 22.3. The highest BCUT2D eigenvalue weighted by atomic mass is 19.1. The third-order valence-electron chi connectivity index (χ3n) is 7.51. The molecule has 0 radical (unpaired) electrons. The number of ether oxygens (including phenoxy) is 1. The van der Waals surface area contributed by atoms with E-state index in [0.717, 1.165) is 16.5 Å². The van der Waals surface area contributed by atoms with Crippen molar-refractivity contribution in [3.63, 3.8) is 0 Å². The average molecular weight is 598 g/mol. The van der Waals surface area contributed by atoms with E-state index >= 15 is 0 Å². The van der Waals surface area contributed by atoms with Gasteiger partial charge in [-0.05, 0) is 63.1 Å². The molecule has 5 rings (SSSR count). The lowest BCUT2D eigenvalue weighted by Gasteiger charge is -2.28. The van der Waals surface area contributed by atoms with E-state index in [9.17, 15) is 19.2 Å². The van der Waals surface area contributed by atoms with Crippen molar-refractivity contribution in [1.82, 2.24) is 24.6 Å². The molecule has 228 valence electrons. The summed E-state index contributed by atoms with van der Waals surface area (Å²) in [7, 11) is 5.23. The Morgan fingerprint density at radius 3 is 2.45 bits per heavy atom. The third kappa shape index (κ3) is 6.20. The first kappa shape index (κ1) is 30.5. The van der Waals surface area contributed by atoms with Gasteiger partial charge in [0.2, 0.25) is 0 Å². The van der Waals surface area contributed by atoms with E-state index < -0.39 is 11.4 Å². The van der Waals surface area contributed by atoms with Crippen LogP contribution in [0.2, 0.25) is 0 Å². The van der Waals surface area contributed by atoms with Crippen LogP contribution < -0.4 is 4.90 Å². The average Bonchev–Trinajstić information content (AvgIpc) is 3.17. The fourth-order valence-corrected chi connectivity index (χ4v) is 5.31. The molecule has 0 spiro atoms. The number of amides is 2. The Kier molecular flexibility index (Phi) is 8.28. The number of nitriles is 1. The number of halogens is 1. The molecule has 1 aliphatic rings. The van der Waals surface area contributed by atoms with Crippen LogP contribution in [-0.4, -0.2) is 82.4 Å². The van der Waals surface area contributed by atoms with Crippen molar-refractivity contribution in [3.05, 3.63) is 65.6 Å². The van der Waals surface area contributed by atoms with Crippen molar-refractivity contribution in [2.45, 2.75) is 32.8 Å². The summed E-state index contributed by atoms with van der Waals surface area (Å²) in [6.07, 6.45) is 2.02. The molecule has 4 aromatic rings. The second kappa shape index (κ2) is 12.0. The Hall–Kier alpha value is -4.98. The molecule has 3 heterocycles. The maximum Gasteiger partial charge on any atom is 0.410 e. The van der Waals surface area contributed by atoms with E-state index in [-0.39, 0.29) is 17.6 Å². The Morgan fingerprint density at radius 2 is 1.77 bits per heavy atom. The highest BCUT2D eigenvalue weighted by Crippen LogP contribution is 2.37. The van der Waals surface area contributed by atoms with Crippen LogP contribution in [0.15, 0.2) is 48.7 Å². The van der Waals surface area contributed by atoms with Gasteiger partial charge in [0.05, 0.1) is 28.5 Å². The number of anilines is 1. The molecule has 1 fully saturated rings. The van der Waals surface area contributed by atoms with Crippen LogP contribution in [0.1, 0.15) is 43.1 Å². The van der Waals surface area contributed by atoms with Gasteiger partial charge < -0.3 is 19.4 Å². The molecule has 44 heavy (non-hydrogen) atoms. The fraction of sp³-hybridized carbons (Fsp3) is 0.364. The molecule has 0 aliphatic carbocycles. The zero-order valence-electron chi connectivity index (χ0n) is 25.9. The van der Waals surface area contributed by atoms with Crippen molar-refractivity contribution in [2.75, 3.05) is 45.2 Å². The number of rotatable bonds is 4. The molecule has 10 nitrogen and oxygen atoms in total. The highest BCUT2D eigenvalue weighted by Gasteiger charge is 2.29. The number of hydrogen-bond donors (Lipinski definition) is 0. The number of hydrogen-bond acceptors (Lipinski definition) is 7. The zero-order valence-corrected chi connectivity index (χ0v) is 25.9. The Balaban J connectivity index is 1.66. The van der Waals surface area contributed by atoms with Gasteiger partial charge in [0.15, 0.2) is 0 Å². The molecular formula is C33H36FN7O3. The van der Waals surface area contributed by atoms with Crippen molar-refractivity contribution in [3.8, 4) is 28.5 Å². The Bertz CT molecular complexity index is 1780. The van der Waals surface area contributed by atoms with Crippen molar-refractivity contribution < 1.29 is 18.7 Å². The lowest BCUT2D eigenvalue weighted by Crippen LogP contribution is -2.39. The van der Waals surface area contributed by atoms with Crippen molar-refractivity contribution in [2.24, 2.45) is 7.05 Å². The van der Waals surface area contributed by atoms with Gasteiger partial charge in [-0.3, -0.25) is 9.48 Å². The van der Waals surface area contributed by atoms with Crippen LogP contribution in [0, 0.1) is 17.1 Å². The summed E-state index contributed by atoms with van der Waals surface area (Å²) in [5.74, 6) is -0.444. The van der Waals surface area contributed by atoms with Crippen LogP contribution >= 0.6 is 0 Å². The largest absolute Gasteiger partial charge is 0.444 e. The maximum absolute atomic E-state index is 15.0. The number of nitrogens with zero attached hydrogens (tertiary/aromatic N) is 7. The third-order valence-corrected chi connectivity index (χ3v) is 7.51. The molecule has 11 heteroatoms. The molecule has 1 aliphatic heterocycles. The van der Waals surface area contributed by atoms with Gasteiger partial charge in [-0.1, -0.05) is 12.1 Å². The summed E-state index contributed by atoms with van der Waals surface area (Å²) in [4.78, 5) is 36.8. The Morgan fingerprint density at radius 1 is 1.02 bits per heavy atom. The quantitative estimate of drug-likeness (QED) is 0.307. The number of fused-ring (bicyclic) bond motifs is 1. The molecule has 1 saturated heterocycles. The van der Waals surface area contributed by atoms with E-state index in [4.69, 9.17) is 9.72 Å². The monoisotopic (exact) mass is 597 g/mol. The van der Waals surface area contributed by atoms with Crippen molar-refractivity contribution in [1.29, 1.82) is 5.26 Å². The summed E-state index contributed by atoms with van der Waals surface area (Å²) in [6, 6.07) is 13.9. The molecule has 0 bridgehead atoms. The van der Waals surface area contributed by atoms with Crippen molar-refractivity contribution >= 4 is 28.7 Å². The zero-order chi connectivity index (χ0) is 31.8. The fourth-order valence-electron chi connectivity index (χ4n) is 5.31. The van der Waals surface area contributed by atoms with Gasteiger partial charge in [0.25, 0.3) is 5.91 Å². The molecule has 0 saturated carbocycles. The van der Waals surface area contributed by atoms with Gasteiger partial charge >= 0.3 is 6.09 Å². The van der Waals surface area contributed by atoms with Gasteiger partial charge in [0.1, 0.15) is 23.3 Å². The van der Waals surface area contributed by atoms with E-state index in [1.807, 2.05) is 63.1 Å². The van der Waals surface area contributed by atoms with Crippen LogP contribution in [0.25, 0.3) is 33.3 Å². The SMILES string of the molecule is CN(C)C(=O)c1cc(-c2ccc3c(cnn3C)c2)c(-c2ccc(C#N)c(F)c2)nc1N1CCCN(C(=O)OC(C)(C)C)CC1.